The number of benzene rings is 1. The molecule has 1 aliphatic heterocycles. The number of hydrogen-bond donors (Lipinski definition) is 1. The Balaban J connectivity index is 2.49. The first-order valence-corrected chi connectivity index (χ1v) is 6.14. The lowest BCUT2D eigenvalue weighted by molar-refractivity contribution is 0.0313. The molecule has 0 aliphatic carbocycles. The van der Waals surface area contributed by atoms with Crippen molar-refractivity contribution in [3.63, 3.8) is 0 Å². The van der Waals surface area contributed by atoms with Gasteiger partial charge < -0.3 is 5.11 Å². The fraction of sp³-hybridized carbons (Fsp3) is 0.429. The maximum absolute atomic E-state index is 11.1. The zero-order valence-electron chi connectivity index (χ0n) is 10.9. The number of carbonyl (C=O) groups is 1. The van der Waals surface area contributed by atoms with Crippen LogP contribution in [0, 0.1) is 5.92 Å². The first kappa shape index (κ1) is 12.8. The summed E-state index contributed by atoms with van der Waals surface area (Å²) < 4.78 is 0. The van der Waals surface area contributed by atoms with Crippen LogP contribution < -0.4 is 5.01 Å². The van der Waals surface area contributed by atoms with Gasteiger partial charge in [-0.1, -0.05) is 19.1 Å². The molecule has 4 heteroatoms. The van der Waals surface area contributed by atoms with E-state index in [9.17, 15) is 9.90 Å². The van der Waals surface area contributed by atoms with Crippen molar-refractivity contribution >= 4 is 17.7 Å². The average Bonchev–Trinajstić information content (AvgIpc) is 2.58. The Morgan fingerprint density at radius 2 is 2.17 bits per heavy atom. The van der Waals surface area contributed by atoms with E-state index >= 15 is 0 Å². The molecule has 96 valence electrons. The van der Waals surface area contributed by atoms with Crippen LogP contribution in [0.5, 0.6) is 0 Å². The van der Waals surface area contributed by atoms with Crippen molar-refractivity contribution < 1.29 is 9.90 Å². The predicted octanol–water partition coefficient (Wildman–Crippen LogP) is 2.43. The molecule has 0 saturated heterocycles. The van der Waals surface area contributed by atoms with Gasteiger partial charge in [0.05, 0.1) is 5.69 Å². The fourth-order valence-electron chi connectivity index (χ4n) is 2.63. The highest BCUT2D eigenvalue weighted by Crippen LogP contribution is 2.37. The number of nitrogens with zero attached hydrogens (tertiary/aromatic N) is 2. The first-order valence-electron chi connectivity index (χ1n) is 6.14. The Bertz CT molecular complexity index is 494. The summed E-state index contributed by atoms with van der Waals surface area (Å²) in [5.74, 6) is -0.0165. The highest BCUT2D eigenvalue weighted by molar-refractivity contribution is 5.92. The lowest BCUT2D eigenvalue weighted by atomic mass is 9.91. The van der Waals surface area contributed by atoms with Gasteiger partial charge in [-0.3, -0.25) is 4.79 Å². The van der Waals surface area contributed by atoms with Crippen molar-refractivity contribution in [1.29, 1.82) is 0 Å². The van der Waals surface area contributed by atoms with E-state index in [1.165, 1.54) is 0 Å². The van der Waals surface area contributed by atoms with E-state index in [0.717, 1.165) is 18.4 Å². The highest BCUT2D eigenvalue weighted by Gasteiger charge is 2.44. The molecule has 1 N–H and O–H groups in total. The molecule has 18 heavy (non-hydrogen) atoms. The third-order valence-corrected chi connectivity index (χ3v) is 3.55. The molecule has 1 aliphatic rings. The van der Waals surface area contributed by atoms with Crippen LogP contribution in [0.3, 0.4) is 0 Å². The number of carbonyl (C=O) groups excluding carboxylic acids is 1. The Labute approximate surface area is 107 Å². The zero-order chi connectivity index (χ0) is 13.3. The van der Waals surface area contributed by atoms with E-state index in [-0.39, 0.29) is 5.92 Å². The van der Waals surface area contributed by atoms with E-state index in [4.69, 9.17) is 0 Å². The van der Waals surface area contributed by atoms with Gasteiger partial charge in [0.1, 0.15) is 0 Å². The molecule has 0 fully saturated rings. The Morgan fingerprint density at radius 3 is 2.72 bits per heavy atom. The molecule has 1 heterocycles. The average molecular weight is 246 g/mol. The summed E-state index contributed by atoms with van der Waals surface area (Å²) in [5.41, 5.74) is 0.986. The number of hydrogen-bond acceptors (Lipinski definition) is 4. The summed E-state index contributed by atoms with van der Waals surface area (Å²) in [7, 11) is 0. The van der Waals surface area contributed by atoms with Gasteiger partial charge in [0.2, 0.25) is 0 Å². The van der Waals surface area contributed by atoms with Gasteiger partial charge >= 0.3 is 0 Å². The van der Waals surface area contributed by atoms with Crippen molar-refractivity contribution in [2.45, 2.75) is 32.9 Å². The Kier molecular flexibility index (Phi) is 3.22. The minimum absolute atomic E-state index is 0.0165. The second-order valence-corrected chi connectivity index (χ2v) is 4.78. The van der Waals surface area contributed by atoms with Crippen LogP contribution >= 0.6 is 0 Å². The molecule has 0 saturated carbocycles. The quantitative estimate of drug-likeness (QED) is 0.833. The lowest BCUT2D eigenvalue weighted by Crippen LogP contribution is -2.46. The van der Waals surface area contributed by atoms with Gasteiger partial charge in [-0.25, -0.2) is 5.01 Å². The zero-order valence-corrected chi connectivity index (χ0v) is 10.9. The van der Waals surface area contributed by atoms with E-state index in [1.54, 1.807) is 30.1 Å². The maximum atomic E-state index is 11.1. The fourth-order valence-corrected chi connectivity index (χ4v) is 2.63. The number of aldehydes is 1. The molecule has 1 aromatic carbocycles. The second kappa shape index (κ2) is 4.53. The minimum Gasteiger partial charge on any atom is -0.369 e. The van der Waals surface area contributed by atoms with Gasteiger partial charge in [0.15, 0.2) is 12.0 Å². The van der Waals surface area contributed by atoms with Crippen molar-refractivity contribution in [2.75, 3.05) is 5.01 Å². The molecule has 0 amide bonds. The second-order valence-electron chi connectivity index (χ2n) is 4.78. The van der Waals surface area contributed by atoms with Gasteiger partial charge in [-0.15, -0.1) is 0 Å². The van der Waals surface area contributed by atoms with E-state index in [0.29, 0.717) is 11.3 Å². The van der Waals surface area contributed by atoms with Crippen LogP contribution in [0.15, 0.2) is 29.4 Å². The van der Waals surface area contributed by atoms with Crippen molar-refractivity contribution in [1.82, 2.24) is 0 Å². The van der Waals surface area contributed by atoms with Crippen LogP contribution in [0.4, 0.5) is 5.69 Å². The van der Waals surface area contributed by atoms with Gasteiger partial charge in [-0.2, -0.15) is 5.10 Å². The molecule has 2 rings (SSSR count). The summed E-state index contributed by atoms with van der Waals surface area (Å²) in [4.78, 5) is 11.1. The number of anilines is 1. The topological polar surface area (TPSA) is 52.9 Å². The molecule has 0 bridgehead atoms. The molecule has 0 radical (unpaired) electrons. The Hall–Kier alpha value is -1.68. The molecule has 2 atom stereocenters. The van der Waals surface area contributed by atoms with Gasteiger partial charge in [-0.05, 0) is 32.4 Å². The Morgan fingerprint density at radius 1 is 1.50 bits per heavy atom. The molecular formula is C14H18N2O2. The van der Waals surface area contributed by atoms with Crippen molar-refractivity contribution in [3.05, 3.63) is 29.8 Å². The summed E-state index contributed by atoms with van der Waals surface area (Å²) in [6.07, 6.45) is 1.59. The molecule has 2 unspecified atom stereocenters. The summed E-state index contributed by atoms with van der Waals surface area (Å²) >= 11 is 0. The largest absolute Gasteiger partial charge is 0.369 e. The molecule has 1 aromatic rings. The number of para-hydroxylation sites is 1. The number of aliphatic hydroxyl groups is 1. The third kappa shape index (κ3) is 1.82. The van der Waals surface area contributed by atoms with Crippen LogP contribution in [-0.2, 0) is 0 Å². The van der Waals surface area contributed by atoms with Crippen LogP contribution in [0.2, 0.25) is 0 Å². The lowest BCUT2D eigenvalue weighted by Gasteiger charge is -2.34. The standard InChI is InChI=1S/C14H18N2O2/c1-4-12-10(2)15-16(14(12,3)18)13-8-6-5-7-11(13)9-17/h5-9,12,18H,4H2,1-3H3. The third-order valence-electron chi connectivity index (χ3n) is 3.55. The number of rotatable bonds is 3. The van der Waals surface area contributed by atoms with E-state index in [2.05, 4.69) is 5.10 Å². The number of hydrazone groups is 1. The molecule has 4 nitrogen and oxygen atoms in total. The van der Waals surface area contributed by atoms with Crippen LogP contribution in [0.1, 0.15) is 37.6 Å². The molecule has 0 aromatic heterocycles. The minimum atomic E-state index is -1.09. The van der Waals surface area contributed by atoms with Gasteiger partial charge in [0.25, 0.3) is 0 Å². The predicted molar refractivity (Wildman–Crippen MR) is 71.8 cm³/mol. The van der Waals surface area contributed by atoms with E-state index < -0.39 is 5.72 Å². The van der Waals surface area contributed by atoms with Crippen LogP contribution in [0.25, 0.3) is 0 Å². The monoisotopic (exact) mass is 246 g/mol. The van der Waals surface area contributed by atoms with E-state index in [1.807, 2.05) is 19.9 Å². The maximum Gasteiger partial charge on any atom is 0.163 e. The van der Waals surface area contributed by atoms with Crippen molar-refractivity contribution in [2.24, 2.45) is 11.0 Å². The molecule has 0 spiro atoms. The van der Waals surface area contributed by atoms with Gasteiger partial charge in [0, 0.05) is 17.2 Å². The summed E-state index contributed by atoms with van der Waals surface area (Å²) in [6, 6.07) is 7.16. The molecular weight excluding hydrogens is 228 g/mol. The normalized spacial score (nSPS) is 27.2. The van der Waals surface area contributed by atoms with Crippen LogP contribution in [-0.4, -0.2) is 22.8 Å². The SMILES string of the molecule is CCC1C(C)=NN(c2ccccc2C=O)C1(C)O. The highest BCUT2D eigenvalue weighted by atomic mass is 16.3. The smallest absolute Gasteiger partial charge is 0.163 e. The summed E-state index contributed by atoms with van der Waals surface area (Å²) in [5, 5.41) is 16.6. The van der Waals surface area contributed by atoms with Crippen molar-refractivity contribution in [3.8, 4) is 0 Å². The summed E-state index contributed by atoms with van der Waals surface area (Å²) in [6.45, 7) is 5.67. The first-order chi connectivity index (χ1) is 8.52.